The minimum Gasteiger partial charge on any atom is -0.379 e. The minimum absolute atomic E-state index is 0.237. The van der Waals surface area contributed by atoms with Crippen molar-refractivity contribution >= 4 is 34.9 Å². The standard InChI is InChI=1S/C21H25Cl2N3O2/c1-15(26-10-12-28-13-11-26)16-3-6-19(7-4-16)25-21(27)24-9-8-17-2-5-18(22)14-20(17)23/h2-7,14-15H,8-13H2,1H3,(H2,24,25,27). The fourth-order valence-electron chi connectivity index (χ4n) is 3.23. The number of morpholine rings is 1. The van der Waals surface area contributed by atoms with Gasteiger partial charge in [-0.05, 0) is 48.7 Å². The highest BCUT2D eigenvalue weighted by Gasteiger charge is 2.18. The molecule has 1 aliphatic rings. The van der Waals surface area contributed by atoms with Crippen molar-refractivity contribution in [3.05, 3.63) is 63.6 Å². The summed E-state index contributed by atoms with van der Waals surface area (Å²) in [5, 5.41) is 6.92. The normalized spacial score (nSPS) is 15.8. The predicted molar refractivity (Wildman–Crippen MR) is 114 cm³/mol. The monoisotopic (exact) mass is 421 g/mol. The Morgan fingerprint density at radius 1 is 1.14 bits per heavy atom. The van der Waals surface area contributed by atoms with Crippen LogP contribution < -0.4 is 10.6 Å². The average Bonchev–Trinajstić information content (AvgIpc) is 2.70. The molecule has 0 spiro atoms. The van der Waals surface area contributed by atoms with Gasteiger partial charge in [-0.25, -0.2) is 4.79 Å². The number of carbonyl (C=O) groups excluding carboxylic acids is 1. The van der Waals surface area contributed by atoms with Crippen LogP contribution in [-0.4, -0.2) is 43.8 Å². The van der Waals surface area contributed by atoms with Crippen molar-refractivity contribution in [2.45, 2.75) is 19.4 Å². The first-order valence-electron chi connectivity index (χ1n) is 9.43. The molecule has 0 aromatic heterocycles. The van der Waals surface area contributed by atoms with Crippen LogP contribution >= 0.6 is 23.2 Å². The van der Waals surface area contributed by atoms with Gasteiger partial charge in [0.2, 0.25) is 0 Å². The summed E-state index contributed by atoms with van der Waals surface area (Å²) < 4.78 is 5.41. The summed E-state index contributed by atoms with van der Waals surface area (Å²) in [6.07, 6.45) is 0.638. The van der Waals surface area contributed by atoms with Gasteiger partial charge in [-0.1, -0.05) is 41.4 Å². The molecule has 150 valence electrons. The maximum Gasteiger partial charge on any atom is 0.319 e. The van der Waals surface area contributed by atoms with Gasteiger partial charge in [-0.3, -0.25) is 4.90 Å². The van der Waals surface area contributed by atoms with Crippen molar-refractivity contribution in [2.75, 3.05) is 38.2 Å². The Hall–Kier alpha value is -1.79. The third-order valence-corrected chi connectivity index (χ3v) is 5.53. The van der Waals surface area contributed by atoms with E-state index in [0.717, 1.165) is 37.6 Å². The van der Waals surface area contributed by atoms with E-state index >= 15 is 0 Å². The van der Waals surface area contributed by atoms with Crippen LogP contribution in [0.15, 0.2) is 42.5 Å². The lowest BCUT2D eigenvalue weighted by Gasteiger charge is -2.32. The van der Waals surface area contributed by atoms with Crippen LogP contribution in [0.5, 0.6) is 0 Å². The molecule has 1 fully saturated rings. The Morgan fingerprint density at radius 3 is 2.54 bits per heavy atom. The largest absolute Gasteiger partial charge is 0.379 e. The molecule has 5 nitrogen and oxygen atoms in total. The smallest absolute Gasteiger partial charge is 0.319 e. The molecule has 2 aromatic carbocycles. The van der Waals surface area contributed by atoms with Gasteiger partial charge in [0.15, 0.2) is 0 Å². The molecular weight excluding hydrogens is 397 g/mol. The maximum atomic E-state index is 12.1. The van der Waals surface area contributed by atoms with E-state index in [9.17, 15) is 4.79 Å². The van der Waals surface area contributed by atoms with Gasteiger partial charge in [0.05, 0.1) is 13.2 Å². The third kappa shape index (κ3) is 5.85. The zero-order chi connectivity index (χ0) is 19.9. The van der Waals surface area contributed by atoms with Crippen LogP contribution in [-0.2, 0) is 11.2 Å². The SMILES string of the molecule is CC(c1ccc(NC(=O)NCCc2ccc(Cl)cc2Cl)cc1)N1CCOCC1. The predicted octanol–water partition coefficient (Wildman–Crippen LogP) is 4.75. The molecule has 0 saturated carbocycles. The van der Waals surface area contributed by atoms with Crippen LogP contribution in [0.1, 0.15) is 24.1 Å². The average molecular weight is 422 g/mol. The topological polar surface area (TPSA) is 53.6 Å². The van der Waals surface area contributed by atoms with Crippen LogP contribution in [0.4, 0.5) is 10.5 Å². The summed E-state index contributed by atoms with van der Waals surface area (Å²) in [4.78, 5) is 14.5. The van der Waals surface area contributed by atoms with Gasteiger partial charge >= 0.3 is 6.03 Å². The first-order chi connectivity index (χ1) is 13.5. The van der Waals surface area contributed by atoms with Crippen molar-refractivity contribution in [3.63, 3.8) is 0 Å². The number of anilines is 1. The highest BCUT2D eigenvalue weighted by molar-refractivity contribution is 6.35. The van der Waals surface area contributed by atoms with Gasteiger partial charge < -0.3 is 15.4 Å². The number of hydrogen-bond acceptors (Lipinski definition) is 3. The Labute approximate surface area is 176 Å². The minimum atomic E-state index is -0.237. The van der Waals surface area contributed by atoms with E-state index in [2.05, 4.69) is 34.6 Å². The lowest BCUT2D eigenvalue weighted by Crippen LogP contribution is -2.38. The number of ether oxygens (including phenoxy) is 1. The molecule has 0 bridgehead atoms. The van der Waals surface area contributed by atoms with E-state index in [1.807, 2.05) is 18.2 Å². The molecule has 1 atom stereocenters. The van der Waals surface area contributed by atoms with Gasteiger partial charge in [-0.2, -0.15) is 0 Å². The van der Waals surface area contributed by atoms with Crippen LogP contribution in [0.2, 0.25) is 10.0 Å². The summed E-state index contributed by atoms with van der Waals surface area (Å²) >= 11 is 12.0. The Balaban J connectivity index is 1.46. The van der Waals surface area contributed by atoms with Gasteiger partial charge in [-0.15, -0.1) is 0 Å². The number of nitrogens with zero attached hydrogens (tertiary/aromatic N) is 1. The summed E-state index contributed by atoms with van der Waals surface area (Å²) in [5.74, 6) is 0. The molecule has 0 aliphatic carbocycles. The molecule has 2 N–H and O–H groups in total. The molecule has 28 heavy (non-hydrogen) atoms. The fourth-order valence-corrected chi connectivity index (χ4v) is 3.73. The fraction of sp³-hybridized carbons (Fsp3) is 0.381. The number of amides is 2. The third-order valence-electron chi connectivity index (χ3n) is 4.94. The highest BCUT2D eigenvalue weighted by Crippen LogP contribution is 2.23. The molecule has 1 aliphatic heterocycles. The van der Waals surface area contributed by atoms with E-state index in [-0.39, 0.29) is 6.03 Å². The number of hydrogen-bond donors (Lipinski definition) is 2. The molecule has 1 heterocycles. The summed E-state index contributed by atoms with van der Waals surface area (Å²) in [7, 11) is 0. The second-order valence-corrected chi connectivity index (χ2v) is 7.66. The van der Waals surface area contributed by atoms with E-state index in [1.165, 1.54) is 5.56 Å². The molecule has 3 rings (SSSR count). The Kier molecular flexibility index (Phi) is 7.57. The Bertz CT molecular complexity index is 793. The summed E-state index contributed by atoms with van der Waals surface area (Å²) in [6, 6.07) is 13.4. The van der Waals surface area contributed by atoms with Crippen LogP contribution in [0, 0.1) is 0 Å². The first kappa shape index (κ1) is 20.9. The number of carbonyl (C=O) groups is 1. The van der Waals surface area contributed by atoms with Gasteiger partial charge in [0, 0.05) is 41.4 Å². The van der Waals surface area contributed by atoms with Gasteiger partial charge in [0.1, 0.15) is 0 Å². The van der Waals surface area contributed by atoms with Crippen molar-refractivity contribution in [3.8, 4) is 0 Å². The molecular formula is C21H25Cl2N3O2. The zero-order valence-electron chi connectivity index (χ0n) is 15.9. The van der Waals surface area contributed by atoms with Crippen LogP contribution in [0.3, 0.4) is 0 Å². The Morgan fingerprint density at radius 2 is 1.86 bits per heavy atom. The zero-order valence-corrected chi connectivity index (χ0v) is 17.4. The van der Waals surface area contributed by atoms with E-state index in [0.29, 0.717) is 29.1 Å². The van der Waals surface area contributed by atoms with E-state index in [4.69, 9.17) is 27.9 Å². The second-order valence-electron chi connectivity index (χ2n) is 6.81. The van der Waals surface area contributed by atoms with E-state index < -0.39 is 0 Å². The maximum absolute atomic E-state index is 12.1. The van der Waals surface area contributed by atoms with Crippen molar-refractivity contribution in [2.24, 2.45) is 0 Å². The molecule has 7 heteroatoms. The lowest BCUT2D eigenvalue weighted by atomic mass is 10.1. The number of rotatable bonds is 6. The molecule has 1 unspecified atom stereocenters. The highest BCUT2D eigenvalue weighted by atomic mass is 35.5. The number of halogens is 2. The van der Waals surface area contributed by atoms with Crippen molar-refractivity contribution < 1.29 is 9.53 Å². The summed E-state index contributed by atoms with van der Waals surface area (Å²) in [5.41, 5.74) is 2.94. The summed E-state index contributed by atoms with van der Waals surface area (Å²) in [6.45, 7) is 6.14. The molecule has 2 amide bonds. The molecule has 2 aromatic rings. The second kappa shape index (κ2) is 10.1. The number of nitrogens with one attached hydrogen (secondary N) is 2. The number of benzene rings is 2. The quantitative estimate of drug-likeness (QED) is 0.707. The van der Waals surface area contributed by atoms with Crippen molar-refractivity contribution in [1.29, 1.82) is 0 Å². The van der Waals surface area contributed by atoms with E-state index in [1.54, 1.807) is 12.1 Å². The lowest BCUT2D eigenvalue weighted by molar-refractivity contribution is 0.0198. The van der Waals surface area contributed by atoms with Gasteiger partial charge in [0.25, 0.3) is 0 Å². The van der Waals surface area contributed by atoms with Crippen LogP contribution in [0.25, 0.3) is 0 Å². The molecule has 0 radical (unpaired) electrons. The van der Waals surface area contributed by atoms with Crippen molar-refractivity contribution in [1.82, 2.24) is 10.2 Å². The number of urea groups is 1. The first-order valence-corrected chi connectivity index (χ1v) is 10.2. The molecule has 1 saturated heterocycles.